The van der Waals surface area contributed by atoms with E-state index in [0.717, 1.165) is 22.3 Å². The molecule has 1 N–H and O–H groups in total. The molecular formula is C18H20O3. The van der Waals surface area contributed by atoms with Crippen LogP contribution in [0.5, 0.6) is 5.75 Å². The van der Waals surface area contributed by atoms with Crippen LogP contribution in [-0.2, 0) is 11.2 Å². The maximum atomic E-state index is 11.5. The number of carboxylic acid groups (broad SMARTS) is 1. The smallest absolute Gasteiger partial charge is 0.345 e. The molecule has 0 aromatic heterocycles. The molecule has 0 aliphatic heterocycles. The molecule has 110 valence electrons. The number of hydrogen-bond acceptors (Lipinski definition) is 2. The highest BCUT2D eigenvalue weighted by atomic mass is 16.5. The molecule has 0 aliphatic rings. The molecule has 2 aromatic carbocycles. The fourth-order valence-electron chi connectivity index (χ4n) is 2.27. The second kappa shape index (κ2) is 6.44. The predicted molar refractivity (Wildman–Crippen MR) is 82.9 cm³/mol. The van der Waals surface area contributed by atoms with E-state index in [1.807, 2.05) is 57.2 Å². The van der Waals surface area contributed by atoms with Crippen LogP contribution in [0.1, 0.15) is 22.3 Å². The summed E-state index contributed by atoms with van der Waals surface area (Å²) in [6.07, 6.45) is -0.524. The van der Waals surface area contributed by atoms with Gasteiger partial charge in [-0.05, 0) is 55.2 Å². The molecule has 3 heteroatoms. The Hall–Kier alpha value is -2.29. The van der Waals surface area contributed by atoms with E-state index in [-0.39, 0.29) is 0 Å². The molecule has 1 unspecified atom stereocenters. The van der Waals surface area contributed by atoms with Crippen molar-refractivity contribution in [1.82, 2.24) is 0 Å². The topological polar surface area (TPSA) is 46.5 Å². The molecule has 2 rings (SSSR count). The maximum absolute atomic E-state index is 11.5. The summed E-state index contributed by atoms with van der Waals surface area (Å²) in [5, 5.41) is 9.40. The number of hydrogen-bond donors (Lipinski definition) is 1. The number of aliphatic carboxylic acids is 1. The SMILES string of the molecule is Cc1cccc(OC(Cc2cccc(C)c2C)C(=O)O)c1. The summed E-state index contributed by atoms with van der Waals surface area (Å²) in [5.74, 6) is -0.356. The highest BCUT2D eigenvalue weighted by molar-refractivity contribution is 5.73. The van der Waals surface area contributed by atoms with Crippen LogP contribution in [0.15, 0.2) is 42.5 Å². The zero-order valence-corrected chi connectivity index (χ0v) is 12.6. The number of benzene rings is 2. The molecule has 2 aromatic rings. The Labute approximate surface area is 125 Å². The van der Waals surface area contributed by atoms with Gasteiger partial charge < -0.3 is 9.84 Å². The first-order valence-electron chi connectivity index (χ1n) is 6.98. The summed E-state index contributed by atoms with van der Waals surface area (Å²) < 4.78 is 5.66. The van der Waals surface area contributed by atoms with Crippen molar-refractivity contribution in [1.29, 1.82) is 0 Å². The van der Waals surface area contributed by atoms with E-state index in [1.165, 1.54) is 0 Å². The minimum atomic E-state index is -0.947. The monoisotopic (exact) mass is 284 g/mol. The summed E-state index contributed by atoms with van der Waals surface area (Å²) in [7, 11) is 0. The Kier molecular flexibility index (Phi) is 4.63. The third-order valence-electron chi connectivity index (χ3n) is 3.67. The molecule has 0 aliphatic carbocycles. The van der Waals surface area contributed by atoms with E-state index in [4.69, 9.17) is 4.74 Å². The van der Waals surface area contributed by atoms with Crippen LogP contribution in [0.25, 0.3) is 0 Å². The highest BCUT2D eigenvalue weighted by Gasteiger charge is 2.21. The molecule has 0 amide bonds. The van der Waals surface area contributed by atoms with Crippen molar-refractivity contribution in [3.63, 3.8) is 0 Å². The summed E-state index contributed by atoms with van der Waals surface area (Å²) >= 11 is 0. The molecule has 0 bridgehead atoms. The minimum Gasteiger partial charge on any atom is -0.478 e. The average molecular weight is 284 g/mol. The van der Waals surface area contributed by atoms with Gasteiger partial charge in [-0.25, -0.2) is 4.79 Å². The van der Waals surface area contributed by atoms with Crippen LogP contribution in [0.4, 0.5) is 0 Å². The van der Waals surface area contributed by atoms with Crippen molar-refractivity contribution in [3.05, 3.63) is 64.7 Å². The van der Waals surface area contributed by atoms with Crippen LogP contribution in [0.2, 0.25) is 0 Å². The number of aryl methyl sites for hydroxylation is 2. The first-order valence-corrected chi connectivity index (χ1v) is 6.98. The number of ether oxygens (including phenoxy) is 1. The highest BCUT2D eigenvalue weighted by Crippen LogP contribution is 2.19. The van der Waals surface area contributed by atoms with Gasteiger partial charge in [-0.15, -0.1) is 0 Å². The molecule has 0 saturated heterocycles. The van der Waals surface area contributed by atoms with Gasteiger partial charge in [0, 0.05) is 6.42 Å². The first-order chi connectivity index (χ1) is 9.97. The molecule has 1 atom stereocenters. The van der Waals surface area contributed by atoms with E-state index in [9.17, 15) is 9.90 Å². The zero-order valence-electron chi connectivity index (χ0n) is 12.6. The molecular weight excluding hydrogens is 264 g/mol. The summed E-state index contributed by atoms with van der Waals surface area (Å²) in [6.45, 7) is 5.99. The lowest BCUT2D eigenvalue weighted by atomic mass is 9.98. The Morgan fingerprint density at radius 1 is 1.14 bits per heavy atom. The summed E-state index contributed by atoms with van der Waals surface area (Å²) in [4.78, 5) is 11.5. The van der Waals surface area contributed by atoms with Gasteiger partial charge in [-0.1, -0.05) is 30.3 Å². The number of rotatable bonds is 5. The second-order valence-corrected chi connectivity index (χ2v) is 5.32. The van der Waals surface area contributed by atoms with Crippen LogP contribution in [0, 0.1) is 20.8 Å². The fourth-order valence-corrected chi connectivity index (χ4v) is 2.27. The normalized spacial score (nSPS) is 12.0. The predicted octanol–water partition coefficient (Wildman–Crippen LogP) is 3.69. The minimum absolute atomic E-state index is 0.358. The maximum Gasteiger partial charge on any atom is 0.345 e. The first kappa shape index (κ1) is 15.1. The van der Waals surface area contributed by atoms with Crippen molar-refractivity contribution in [2.24, 2.45) is 0 Å². The lowest BCUT2D eigenvalue weighted by Crippen LogP contribution is -2.29. The summed E-state index contributed by atoms with van der Waals surface area (Å²) in [6, 6.07) is 13.4. The van der Waals surface area contributed by atoms with Crippen molar-refractivity contribution >= 4 is 5.97 Å². The van der Waals surface area contributed by atoms with Gasteiger partial charge in [0.25, 0.3) is 0 Å². The largest absolute Gasteiger partial charge is 0.478 e. The molecule has 0 radical (unpaired) electrons. The molecule has 21 heavy (non-hydrogen) atoms. The van der Waals surface area contributed by atoms with E-state index < -0.39 is 12.1 Å². The van der Waals surface area contributed by atoms with E-state index in [2.05, 4.69) is 0 Å². The van der Waals surface area contributed by atoms with Crippen molar-refractivity contribution in [3.8, 4) is 5.75 Å². The average Bonchev–Trinajstić information content (AvgIpc) is 2.43. The van der Waals surface area contributed by atoms with Crippen LogP contribution >= 0.6 is 0 Å². The number of carbonyl (C=O) groups is 1. The third kappa shape index (κ3) is 3.85. The Balaban J connectivity index is 2.20. The van der Waals surface area contributed by atoms with Crippen LogP contribution in [-0.4, -0.2) is 17.2 Å². The van der Waals surface area contributed by atoms with Gasteiger partial charge in [0.05, 0.1) is 0 Å². The van der Waals surface area contributed by atoms with Gasteiger partial charge in [0.2, 0.25) is 0 Å². The summed E-state index contributed by atoms with van der Waals surface area (Å²) in [5.41, 5.74) is 4.34. The van der Waals surface area contributed by atoms with Crippen molar-refractivity contribution in [2.75, 3.05) is 0 Å². The molecule has 0 heterocycles. The van der Waals surface area contributed by atoms with Crippen LogP contribution < -0.4 is 4.74 Å². The van der Waals surface area contributed by atoms with Gasteiger partial charge >= 0.3 is 5.97 Å². The Morgan fingerprint density at radius 3 is 2.52 bits per heavy atom. The lowest BCUT2D eigenvalue weighted by molar-refractivity contribution is -0.145. The van der Waals surface area contributed by atoms with E-state index in [0.29, 0.717) is 12.2 Å². The standard InChI is InChI=1S/C18H20O3/c1-12-6-4-9-16(10-12)21-17(18(19)20)11-15-8-5-7-13(2)14(15)3/h4-10,17H,11H2,1-3H3,(H,19,20). The second-order valence-electron chi connectivity index (χ2n) is 5.32. The van der Waals surface area contributed by atoms with E-state index in [1.54, 1.807) is 6.07 Å². The van der Waals surface area contributed by atoms with Crippen molar-refractivity contribution < 1.29 is 14.6 Å². The quantitative estimate of drug-likeness (QED) is 0.911. The van der Waals surface area contributed by atoms with Gasteiger partial charge in [-0.2, -0.15) is 0 Å². The fraction of sp³-hybridized carbons (Fsp3) is 0.278. The number of carboxylic acids is 1. The Morgan fingerprint density at radius 2 is 1.86 bits per heavy atom. The molecule has 0 spiro atoms. The molecule has 0 fully saturated rings. The lowest BCUT2D eigenvalue weighted by Gasteiger charge is -2.17. The van der Waals surface area contributed by atoms with Crippen LogP contribution in [0.3, 0.4) is 0 Å². The molecule has 0 saturated carbocycles. The van der Waals surface area contributed by atoms with Gasteiger partial charge in [0.1, 0.15) is 5.75 Å². The van der Waals surface area contributed by atoms with E-state index >= 15 is 0 Å². The van der Waals surface area contributed by atoms with Gasteiger partial charge in [-0.3, -0.25) is 0 Å². The zero-order chi connectivity index (χ0) is 15.4. The van der Waals surface area contributed by atoms with Crippen molar-refractivity contribution in [2.45, 2.75) is 33.3 Å². The van der Waals surface area contributed by atoms with Gasteiger partial charge in [0.15, 0.2) is 6.10 Å². The Bertz CT molecular complexity index is 647. The molecule has 3 nitrogen and oxygen atoms in total. The third-order valence-corrected chi connectivity index (χ3v) is 3.67.